The van der Waals surface area contributed by atoms with E-state index >= 15 is 0 Å². The summed E-state index contributed by atoms with van der Waals surface area (Å²) in [6.45, 7) is 2.11. The average Bonchev–Trinajstić information content (AvgIpc) is 3.10. The summed E-state index contributed by atoms with van der Waals surface area (Å²) in [5, 5.41) is 0. The van der Waals surface area contributed by atoms with E-state index in [1.165, 1.54) is 25.7 Å². The molecule has 0 aromatic carbocycles. The van der Waals surface area contributed by atoms with E-state index in [2.05, 4.69) is 34.3 Å². The molecule has 92 valence electrons. The van der Waals surface area contributed by atoms with Gasteiger partial charge in [-0.05, 0) is 39.8 Å². The lowest BCUT2D eigenvalue weighted by molar-refractivity contribution is 0.188. The maximum atomic E-state index is 5.54. The Labute approximate surface area is 97.7 Å². The summed E-state index contributed by atoms with van der Waals surface area (Å²) in [6, 6.07) is 1.23. The van der Waals surface area contributed by atoms with Gasteiger partial charge in [0, 0.05) is 19.1 Å². The molecular weight excluding hydrogens is 202 g/mol. The zero-order valence-corrected chi connectivity index (χ0v) is 10.3. The first-order valence-electron chi connectivity index (χ1n) is 6.16. The highest BCUT2D eigenvalue weighted by molar-refractivity contribution is 5.79. The number of nitrogens with two attached hydrogens (primary N) is 1. The fourth-order valence-corrected chi connectivity index (χ4v) is 2.18. The number of aliphatic imine (C=N–C) groups is 1. The van der Waals surface area contributed by atoms with Gasteiger partial charge >= 0.3 is 0 Å². The van der Waals surface area contributed by atoms with E-state index < -0.39 is 0 Å². The van der Waals surface area contributed by atoms with Gasteiger partial charge in [0.2, 0.25) is 5.96 Å². The maximum absolute atomic E-state index is 5.54. The molecule has 1 saturated carbocycles. The Balaban J connectivity index is 1.86. The van der Waals surface area contributed by atoms with Crippen LogP contribution >= 0.6 is 0 Å². The Morgan fingerprint density at radius 3 is 2.31 bits per heavy atom. The number of hydrogen-bond donors (Lipinski definition) is 2. The molecule has 5 heteroatoms. The number of hydrazine groups is 1. The van der Waals surface area contributed by atoms with E-state index in [0.717, 1.165) is 19.0 Å². The molecule has 0 aromatic heterocycles. The highest BCUT2D eigenvalue weighted by atomic mass is 15.4. The lowest BCUT2D eigenvalue weighted by atomic mass is 10.0. The van der Waals surface area contributed by atoms with Crippen LogP contribution in [-0.4, -0.2) is 55.0 Å². The minimum Gasteiger partial charge on any atom is -0.342 e. The highest BCUT2D eigenvalue weighted by Crippen LogP contribution is 2.24. The van der Waals surface area contributed by atoms with Crippen molar-refractivity contribution < 1.29 is 0 Å². The summed E-state index contributed by atoms with van der Waals surface area (Å²) in [5.41, 5.74) is 2.75. The van der Waals surface area contributed by atoms with Gasteiger partial charge in [-0.2, -0.15) is 0 Å². The van der Waals surface area contributed by atoms with Crippen molar-refractivity contribution in [1.29, 1.82) is 0 Å². The minimum absolute atomic E-state index is 0.526. The van der Waals surface area contributed by atoms with E-state index in [9.17, 15) is 0 Å². The topological polar surface area (TPSA) is 56.9 Å². The van der Waals surface area contributed by atoms with E-state index in [-0.39, 0.29) is 0 Å². The van der Waals surface area contributed by atoms with Gasteiger partial charge in [-0.25, -0.2) is 10.8 Å². The van der Waals surface area contributed by atoms with Crippen molar-refractivity contribution >= 4 is 5.96 Å². The van der Waals surface area contributed by atoms with Gasteiger partial charge in [-0.3, -0.25) is 5.43 Å². The summed E-state index contributed by atoms with van der Waals surface area (Å²) < 4.78 is 0. The van der Waals surface area contributed by atoms with Gasteiger partial charge < -0.3 is 9.80 Å². The van der Waals surface area contributed by atoms with Crippen LogP contribution in [0.25, 0.3) is 0 Å². The SMILES string of the molecule is CN(C)C1CCN(C(=NC2CC2)NN)CC1. The molecule has 0 aromatic rings. The van der Waals surface area contributed by atoms with Crippen molar-refractivity contribution in [2.75, 3.05) is 27.2 Å². The van der Waals surface area contributed by atoms with Gasteiger partial charge in [0.1, 0.15) is 0 Å². The van der Waals surface area contributed by atoms with Crippen LogP contribution in [-0.2, 0) is 0 Å². The van der Waals surface area contributed by atoms with Gasteiger partial charge in [0.15, 0.2) is 0 Å². The molecule has 3 N–H and O–H groups in total. The molecule has 1 aliphatic carbocycles. The molecule has 0 spiro atoms. The summed E-state index contributed by atoms with van der Waals surface area (Å²) in [6.07, 6.45) is 4.83. The Bertz CT molecular complexity index is 251. The number of nitrogens with one attached hydrogen (secondary N) is 1. The molecule has 2 rings (SSSR count). The Kier molecular flexibility index (Phi) is 3.66. The van der Waals surface area contributed by atoms with Crippen LogP contribution in [0, 0.1) is 0 Å². The van der Waals surface area contributed by atoms with Crippen LogP contribution in [0.2, 0.25) is 0 Å². The molecule has 0 bridgehead atoms. The maximum Gasteiger partial charge on any atom is 0.208 e. The molecule has 5 nitrogen and oxygen atoms in total. The number of guanidine groups is 1. The van der Waals surface area contributed by atoms with E-state index in [0.29, 0.717) is 12.1 Å². The van der Waals surface area contributed by atoms with Gasteiger partial charge in [0.05, 0.1) is 6.04 Å². The van der Waals surface area contributed by atoms with Crippen LogP contribution < -0.4 is 11.3 Å². The predicted octanol–water partition coefficient (Wildman–Crippen LogP) is -0.00590. The molecule has 0 radical (unpaired) electrons. The van der Waals surface area contributed by atoms with Crippen molar-refractivity contribution in [3.8, 4) is 0 Å². The van der Waals surface area contributed by atoms with Crippen LogP contribution in [0.5, 0.6) is 0 Å². The Morgan fingerprint density at radius 2 is 1.88 bits per heavy atom. The lowest BCUT2D eigenvalue weighted by Gasteiger charge is -2.36. The first-order valence-corrected chi connectivity index (χ1v) is 6.16. The summed E-state index contributed by atoms with van der Waals surface area (Å²) >= 11 is 0. The molecule has 0 unspecified atom stereocenters. The third-order valence-electron chi connectivity index (χ3n) is 3.48. The minimum atomic E-state index is 0.526. The van der Waals surface area contributed by atoms with E-state index in [1.807, 2.05) is 0 Å². The van der Waals surface area contributed by atoms with E-state index in [1.54, 1.807) is 0 Å². The molecular formula is C11H23N5. The largest absolute Gasteiger partial charge is 0.342 e. The molecule has 16 heavy (non-hydrogen) atoms. The second-order valence-electron chi connectivity index (χ2n) is 5.01. The Hall–Kier alpha value is -0.810. The second-order valence-corrected chi connectivity index (χ2v) is 5.01. The molecule has 0 amide bonds. The van der Waals surface area contributed by atoms with Crippen LogP contribution in [0.3, 0.4) is 0 Å². The second kappa shape index (κ2) is 5.01. The third-order valence-corrected chi connectivity index (χ3v) is 3.48. The van der Waals surface area contributed by atoms with Crippen molar-refractivity contribution in [1.82, 2.24) is 15.2 Å². The van der Waals surface area contributed by atoms with Crippen LogP contribution in [0.4, 0.5) is 0 Å². The van der Waals surface area contributed by atoms with Crippen molar-refractivity contribution in [3.63, 3.8) is 0 Å². The van der Waals surface area contributed by atoms with E-state index in [4.69, 9.17) is 5.84 Å². The van der Waals surface area contributed by atoms with Crippen molar-refractivity contribution in [2.45, 2.75) is 37.8 Å². The zero-order valence-electron chi connectivity index (χ0n) is 10.3. The molecule has 1 heterocycles. The summed E-state index contributed by atoms with van der Waals surface area (Å²) in [5.74, 6) is 6.43. The fourth-order valence-electron chi connectivity index (χ4n) is 2.18. The lowest BCUT2D eigenvalue weighted by Crippen LogP contribution is -2.50. The van der Waals surface area contributed by atoms with Gasteiger partial charge in [0.25, 0.3) is 0 Å². The molecule has 0 atom stereocenters. The van der Waals surface area contributed by atoms with Crippen molar-refractivity contribution in [2.24, 2.45) is 10.8 Å². The summed E-state index contributed by atoms with van der Waals surface area (Å²) in [7, 11) is 4.31. The first-order chi connectivity index (χ1) is 7.70. The smallest absolute Gasteiger partial charge is 0.208 e. The van der Waals surface area contributed by atoms with Crippen LogP contribution in [0.15, 0.2) is 4.99 Å². The number of likely N-dealkylation sites (tertiary alicyclic amines) is 1. The quantitative estimate of drug-likeness (QED) is 0.300. The van der Waals surface area contributed by atoms with Gasteiger partial charge in [-0.15, -0.1) is 0 Å². The number of rotatable bonds is 2. The molecule has 2 aliphatic rings. The summed E-state index contributed by atoms with van der Waals surface area (Å²) in [4.78, 5) is 9.18. The zero-order chi connectivity index (χ0) is 11.5. The monoisotopic (exact) mass is 225 g/mol. The van der Waals surface area contributed by atoms with Crippen LogP contribution in [0.1, 0.15) is 25.7 Å². The normalized spacial score (nSPS) is 24.0. The van der Waals surface area contributed by atoms with Crippen molar-refractivity contribution in [3.05, 3.63) is 0 Å². The number of nitrogens with zero attached hydrogens (tertiary/aromatic N) is 3. The number of piperidine rings is 1. The third kappa shape index (κ3) is 2.86. The van der Waals surface area contributed by atoms with Gasteiger partial charge in [-0.1, -0.05) is 0 Å². The highest BCUT2D eigenvalue weighted by Gasteiger charge is 2.26. The first kappa shape index (κ1) is 11.7. The average molecular weight is 225 g/mol. The molecule has 1 aliphatic heterocycles. The fraction of sp³-hybridized carbons (Fsp3) is 0.909. The molecule has 2 fully saturated rings. The standard InChI is InChI=1S/C11H23N5/c1-15(2)10-5-7-16(8-6-10)11(14-12)13-9-3-4-9/h9-10H,3-8,12H2,1-2H3,(H,13,14). The Morgan fingerprint density at radius 1 is 1.25 bits per heavy atom. The molecule has 1 saturated heterocycles. The predicted molar refractivity (Wildman–Crippen MR) is 66.1 cm³/mol. The number of hydrogen-bond acceptors (Lipinski definition) is 3.